The molecule has 2 aliphatic heterocycles. The van der Waals surface area contributed by atoms with Gasteiger partial charge in [0.2, 0.25) is 5.91 Å². The van der Waals surface area contributed by atoms with E-state index < -0.39 is 6.04 Å². The number of nitrogens with zero attached hydrogens (tertiary/aromatic N) is 1. The molecule has 94 valence electrons. The summed E-state index contributed by atoms with van der Waals surface area (Å²) in [4.78, 5) is 26.8. The maximum atomic E-state index is 11.5. The number of amidine groups is 1. The molecular weight excluding hydrogens is 232 g/mol. The summed E-state index contributed by atoms with van der Waals surface area (Å²) in [6, 6.07) is -0.545. The number of hydrogen-bond acceptors (Lipinski definition) is 4. The molecule has 0 aromatic rings. The Bertz CT molecular complexity index is 524. The van der Waals surface area contributed by atoms with E-state index in [-0.39, 0.29) is 11.8 Å². The predicted octanol–water partition coefficient (Wildman–Crippen LogP) is -0.305. The molecular formula is C12H14N4O2. The molecule has 0 bridgehead atoms. The lowest BCUT2D eigenvalue weighted by atomic mass is 10.1. The van der Waals surface area contributed by atoms with Gasteiger partial charge in [0.1, 0.15) is 11.9 Å². The van der Waals surface area contributed by atoms with Crippen LogP contribution in [0.3, 0.4) is 0 Å². The number of aliphatic imine (C=N–C) groups is 1. The second-order valence-corrected chi connectivity index (χ2v) is 4.14. The molecule has 0 aromatic heterocycles. The van der Waals surface area contributed by atoms with Gasteiger partial charge in [-0.2, -0.15) is 0 Å². The molecule has 0 aromatic carbocycles. The number of imide groups is 1. The number of nitrogens with two attached hydrogens (primary N) is 1. The Morgan fingerprint density at radius 3 is 3.00 bits per heavy atom. The molecule has 2 aliphatic rings. The molecule has 1 atom stereocenters. The van der Waals surface area contributed by atoms with Crippen LogP contribution in [0.5, 0.6) is 0 Å². The highest BCUT2D eigenvalue weighted by Crippen LogP contribution is 2.09. The fourth-order valence-corrected chi connectivity index (χ4v) is 1.61. The van der Waals surface area contributed by atoms with E-state index in [0.29, 0.717) is 24.4 Å². The van der Waals surface area contributed by atoms with E-state index in [1.54, 1.807) is 12.3 Å². The van der Waals surface area contributed by atoms with Gasteiger partial charge in [-0.25, -0.2) is 0 Å². The maximum Gasteiger partial charge on any atom is 0.251 e. The summed E-state index contributed by atoms with van der Waals surface area (Å²) in [6.45, 7) is 1.83. The first-order valence-electron chi connectivity index (χ1n) is 5.63. The second-order valence-electron chi connectivity index (χ2n) is 4.14. The van der Waals surface area contributed by atoms with Crippen LogP contribution in [-0.2, 0) is 9.59 Å². The first kappa shape index (κ1) is 12.1. The molecule has 1 unspecified atom stereocenters. The van der Waals surface area contributed by atoms with Crippen LogP contribution < -0.4 is 16.4 Å². The Labute approximate surface area is 104 Å². The third-order valence-corrected chi connectivity index (χ3v) is 2.74. The summed E-state index contributed by atoms with van der Waals surface area (Å²) in [7, 11) is 0. The SMILES string of the molecule is CC1=C=CC(=NC2CCC(=O)NC2=O)NC=C1N. The highest BCUT2D eigenvalue weighted by Gasteiger charge is 2.26. The molecule has 1 saturated heterocycles. The summed E-state index contributed by atoms with van der Waals surface area (Å²) in [6.07, 6.45) is 3.97. The molecule has 2 heterocycles. The second kappa shape index (κ2) is 4.89. The third-order valence-electron chi connectivity index (χ3n) is 2.74. The van der Waals surface area contributed by atoms with E-state index in [1.807, 2.05) is 6.92 Å². The maximum absolute atomic E-state index is 11.5. The zero-order valence-electron chi connectivity index (χ0n) is 9.99. The zero-order valence-corrected chi connectivity index (χ0v) is 9.99. The van der Waals surface area contributed by atoms with Crippen LogP contribution in [0.4, 0.5) is 0 Å². The Kier molecular flexibility index (Phi) is 3.30. The number of hydrogen-bond donors (Lipinski definition) is 3. The van der Waals surface area contributed by atoms with Crippen LogP contribution >= 0.6 is 0 Å². The van der Waals surface area contributed by atoms with E-state index in [4.69, 9.17) is 5.73 Å². The molecule has 6 heteroatoms. The smallest absolute Gasteiger partial charge is 0.251 e. The van der Waals surface area contributed by atoms with Gasteiger partial charge in [-0.05, 0) is 13.3 Å². The number of carbonyl (C=O) groups is 2. The third kappa shape index (κ3) is 2.67. The molecule has 0 saturated carbocycles. The quantitative estimate of drug-likeness (QED) is 0.437. The average molecular weight is 246 g/mol. The van der Waals surface area contributed by atoms with Crippen molar-refractivity contribution in [2.45, 2.75) is 25.8 Å². The largest absolute Gasteiger partial charge is 0.397 e. The molecule has 18 heavy (non-hydrogen) atoms. The van der Waals surface area contributed by atoms with E-state index >= 15 is 0 Å². The normalized spacial score (nSPS) is 26.1. The minimum atomic E-state index is -0.545. The molecule has 2 amide bonds. The van der Waals surface area contributed by atoms with E-state index in [2.05, 4.69) is 21.4 Å². The monoisotopic (exact) mass is 246 g/mol. The van der Waals surface area contributed by atoms with Crippen molar-refractivity contribution < 1.29 is 9.59 Å². The summed E-state index contributed by atoms with van der Waals surface area (Å²) in [5.41, 5.74) is 10.1. The molecule has 0 spiro atoms. The van der Waals surface area contributed by atoms with Crippen molar-refractivity contribution in [1.82, 2.24) is 10.6 Å². The van der Waals surface area contributed by atoms with E-state index in [1.165, 1.54) is 0 Å². The van der Waals surface area contributed by atoms with Gasteiger partial charge in [0, 0.05) is 24.3 Å². The van der Waals surface area contributed by atoms with Gasteiger partial charge in [-0.15, -0.1) is 5.73 Å². The number of allylic oxidation sites excluding steroid dienone is 1. The Hall–Kier alpha value is -2.33. The van der Waals surface area contributed by atoms with Gasteiger partial charge in [0.15, 0.2) is 0 Å². The fraction of sp³-hybridized carbons (Fsp3) is 0.333. The van der Waals surface area contributed by atoms with Crippen molar-refractivity contribution in [2.75, 3.05) is 0 Å². The van der Waals surface area contributed by atoms with E-state index in [0.717, 1.165) is 5.57 Å². The number of nitrogens with one attached hydrogen (secondary N) is 2. The van der Waals surface area contributed by atoms with Crippen LogP contribution in [-0.4, -0.2) is 23.7 Å². The van der Waals surface area contributed by atoms with Gasteiger partial charge >= 0.3 is 0 Å². The van der Waals surface area contributed by atoms with Crippen LogP contribution in [0.2, 0.25) is 0 Å². The molecule has 6 nitrogen and oxygen atoms in total. The fourth-order valence-electron chi connectivity index (χ4n) is 1.61. The Morgan fingerprint density at radius 1 is 1.50 bits per heavy atom. The van der Waals surface area contributed by atoms with Gasteiger partial charge in [-0.1, -0.05) is 0 Å². The summed E-state index contributed by atoms with van der Waals surface area (Å²) in [5, 5.41) is 5.16. The van der Waals surface area contributed by atoms with Crippen LogP contribution in [0, 0.1) is 0 Å². The van der Waals surface area contributed by atoms with Crippen molar-refractivity contribution in [3.63, 3.8) is 0 Å². The van der Waals surface area contributed by atoms with Crippen molar-refractivity contribution >= 4 is 17.6 Å². The number of rotatable bonds is 1. The lowest BCUT2D eigenvalue weighted by molar-refractivity contribution is -0.133. The Balaban J connectivity index is 2.18. The lowest BCUT2D eigenvalue weighted by Gasteiger charge is -2.17. The molecule has 4 N–H and O–H groups in total. The summed E-state index contributed by atoms with van der Waals surface area (Å²) >= 11 is 0. The first-order chi connectivity index (χ1) is 8.56. The van der Waals surface area contributed by atoms with Crippen molar-refractivity contribution in [1.29, 1.82) is 0 Å². The van der Waals surface area contributed by atoms with Crippen LogP contribution in [0.1, 0.15) is 19.8 Å². The summed E-state index contributed by atoms with van der Waals surface area (Å²) < 4.78 is 0. The zero-order chi connectivity index (χ0) is 13.1. The van der Waals surface area contributed by atoms with Crippen molar-refractivity contribution in [2.24, 2.45) is 10.7 Å². The van der Waals surface area contributed by atoms with Gasteiger partial charge in [0.25, 0.3) is 5.91 Å². The topological polar surface area (TPSA) is 96.6 Å². The lowest BCUT2D eigenvalue weighted by Crippen LogP contribution is -2.43. The van der Waals surface area contributed by atoms with Crippen molar-refractivity contribution in [3.8, 4) is 0 Å². The first-order valence-corrected chi connectivity index (χ1v) is 5.63. The number of amides is 2. The molecule has 0 aliphatic carbocycles. The molecule has 0 radical (unpaired) electrons. The molecule has 1 fully saturated rings. The minimum absolute atomic E-state index is 0.249. The standard InChI is InChI=1S/C12H14N4O2/c1-7-2-4-10(14-6-8(7)13)15-9-3-5-11(17)16-12(9)18/h4,6,9H,3,5,13H2,1H3,(H,14,15)(H,16,17,18). The van der Waals surface area contributed by atoms with Crippen molar-refractivity contribution in [3.05, 3.63) is 29.3 Å². The number of carbonyl (C=O) groups excluding carboxylic acids is 2. The average Bonchev–Trinajstić information content (AvgIpc) is 2.48. The predicted molar refractivity (Wildman–Crippen MR) is 66.3 cm³/mol. The number of piperidine rings is 1. The molecule has 2 rings (SSSR count). The van der Waals surface area contributed by atoms with Crippen LogP contribution in [0.25, 0.3) is 0 Å². The van der Waals surface area contributed by atoms with Gasteiger partial charge in [-0.3, -0.25) is 19.9 Å². The minimum Gasteiger partial charge on any atom is -0.397 e. The summed E-state index contributed by atoms with van der Waals surface area (Å²) in [5.74, 6) is -0.110. The van der Waals surface area contributed by atoms with Gasteiger partial charge < -0.3 is 11.1 Å². The Morgan fingerprint density at radius 2 is 2.28 bits per heavy atom. The van der Waals surface area contributed by atoms with E-state index in [9.17, 15) is 9.59 Å². The van der Waals surface area contributed by atoms with Gasteiger partial charge in [0.05, 0.1) is 5.70 Å². The highest BCUT2D eigenvalue weighted by atomic mass is 16.2. The van der Waals surface area contributed by atoms with Crippen LogP contribution in [0.15, 0.2) is 34.3 Å². The highest BCUT2D eigenvalue weighted by molar-refractivity contribution is 6.02.